The number of alkyl halides is 3. The third kappa shape index (κ3) is 4.75. The van der Waals surface area contributed by atoms with Crippen molar-refractivity contribution in [1.82, 2.24) is 4.31 Å². The molecule has 6 nitrogen and oxygen atoms in total. The molecule has 1 unspecified atom stereocenters. The number of sulfone groups is 1. The highest BCUT2D eigenvalue weighted by atomic mass is 32.3. The van der Waals surface area contributed by atoms with E-state index in [9.17, 15) is 30.0 Å². The lowest BCUT2D eigenvalue weighted by Crippen LogP contribution is -2.23. The van der Waals surface area contributed by atoms with Crippen LogP contribution < -0.4 is 0 Å². The lowest BCUT2D eigenvalue weighted by Gasteiger charge is -2.16. The van der Waals surface area contributed by atoms with E-state index in [4.69, 9.17) is 0 Å². The van der Waals surface area contributed by atoms with E-state index in [1.165, 1.54) is 28.6 Å². The standard InChI is InChI=1S/C15H15F3N2O4S3/c1-20(2)25(19-27(23,24)14-6-4-3-5-7-14)12-8-10-13(11-9-12)26(21,22)15(16,17)18/h3-11H,1-2H3. The van der Waals surface area contributed by atoms with Crippen LogP contribution in [0.4, 0.5) is 13.2 Å². The number of rotatable bonds is 5. The van der Waals surface area contributed by atoms with E-state index in [-0.39, 0.29) is 9.79 Å². The van der Waals surface area contributed by atoms with Gasteiger partial charge < -0.3 is 0 Å². The van der Waals surface area contributed by atoms with Crippen LogP contribution in [-0.4, -0.2) is 40.7 Å². The van der Waals surface area contributed by atoms with Crippen LogP contribution in [0.1, 0.15) is 0 Å². The van der Waals surface area contributed by atoms with Gasteiger partial charge in [-0.1, -0.05) is 18.2 Å². The van der Waals surface area contributed by atoms with Gasteiger partial charge in [-0.3, -0.25) is 0 Å². The number of halogens is 3. The molecule has 27 heavy (non-hydrogen) atoms. The number of hydrogen-bond donors (Lipinski definition) is 0. The van der Waals surface area contributed by atoms with Crippen LogP contribution in [0.5, 0.6) is 0 Å². The first-order valence-corrected chi connectivity index (χ1v) is 11.3. The predicted molar refractivity (Wildman–Crippen MR) is 95.1 cm³/mol. The molecule has 0 radical (unpaired) electrons. The molecule has 148 valence electrons. The van der Waals surface area contributed by atoms with Gasteiger partial charge in [0.15, 0.2) is 0 Å². The number of benzene rings is 2. The highest BCUT2D eigenvalue weighted by Crippen LogP contribution is 2.30. The maximum Gasteiger partial charge on any atom is 0.501 e. The van der Waals surface area contributed by atoms with Crippen LogP contribution in [0.25, 0.3) is 0 Å². The van der Waals surface area contributed by atoms with Crippen molar-refractivity contribution >= 4 is 30.7 Å². The van der Waals surface area contributed by atoms with Crippen LogP contribution in [-0.2, 0) is 30.7 Å². The smallest absolute Gasteiger partial charge is 0.243 e. The lowest BCUT2D eigenvalue weighted by molar-refractivity contribution is -0.0436. The van der Waals surface area contributed by atoms with E-state index >= 15 is 0 Å². The number of nitrogens with zero attached hydrogens (tertiary/aromatic N) is 2. The Labute approximate surface area is 157 Å². The Morgan fingerprint density at radius 2 is 1.37 bits per heavy atom. The Bertz CT molecular complexity index is 1050. The molecule has 0 fully saturated rings. The fourth-order valence-corrected chi connectivity index (χ4v) is 5.95. The van der Waals surface area contributed by atoms with Crippen molar-refractivity contribution in [2.45, 2.75) is 20.2 Å². The fourth-order valence-electron chi connectivity index (χ4n) is 1.92. The quantitative estimate of drug-likeness (QED) is 0.714. The first-order chi connectivity index (χ1) is 12.4. The molecule has 0 aliphatic carbocycles. The summed E-state index contributed by atoms with van der Waals surface area (Å²) in [6.07, 6.45) is 0. The van der Waals surface area contributed by atoms with Crippen molar-refractivity contribution < 1.29 is 30.0 Å². The summed E-state index contributed by atoms with van der Waals surface area (Å²) in [5, 5.41) is 0. The van der Waals surface area contributed by atoms with E-state index in [0.717, 1.165) is 24.3 Å². The second-order valence-electron chi connectivity index (χ2n) is 5.36. The molecule has 2 aromatic carbocycles. The van der Waals surface area contributed by atoms with Gasteiger partial charge in [0.2, 0.25) is 0 Å². The predicted octanol–water partition coefficient (Wildman–Crippen LogP) is 3.01. The highest BCUT2D eigenvalue weighted by Gasteiger charge is 2.46. The minimum Gasteiger partial charge on any atom is -0.243 e. The molecule has 2 aromatic rings. The van der Waals surface area contributed by atoms with E-state index in [1.54, 1.807) is 20.2 Å². The van der Waals surface area contributed by atoms with Gasteiger partial charge in [-0.05, 0) is 50.5 Å². The molecular formula is C15H15F3N2O4S3. The van der Waals surface area contributed by atoms with Crippen molar-refractivity contribution in [3.05, 3.63) is 54.6 Å². The van der Waals surface area contributed by atoms with Gasteiger partial charge in [0.25, 0.3) is 19.9 Å². The van der Waals surface area contributed by atoms with E-state index in [2.05, 4.69) is 3.77 Å². The van der Waals surface area contributed by atoms with Gasteiger partial charge in [-0.15, -0.1) is 3.77 Å². The summed E-state index contributed by atoms with van der Waals surface area (Å²) in [6, 6.07) is 11.3. The molecule has 0 heterocycles. The first kappa shape index (κ1) is 21.5. The maximum absolute atomic E-state index is 12.6. The normalized spacial score (nSPS) is 14.4. The van der Waals surface area contributed by atoms with Crippen LogP contribution in [0, 0.1) is 0 Å². The second-order valence-corrected chi connectivity index (χ2v) is 11.0. The SMILES string of the molecule is CN(C)S(=NS(=O)(=O)c1ccccc1)c1ccc(S(=O)(=O)C(F)(F)F)cc1. The molecule has 0 spiro atoms. The molecule has 0 aliphatic rings. The third-order valence-corrected chi connectivity index (χ3v) is 8.31. The zero-order valence-electron chi connectivity index (χ0n) is 14.1. The van der Waals surface area contributed by atoms with Crippen molar-refractivity contribution in [2.75, 3.05) is 14.1 Å². The van der Waals surface area contributed by atoms with Crippen LogP contribution in [0.3, 0.4) is 0 Å². The summed E-state index contributed by atoms with van der Waals surface area (Å²) in [4.78, 5) is -0.701. The molecule has 1 atom stereocenters. The molecule has 12 heteroatoms. The van der Waals surface area contributed by atoms with E-state index < -0.39 is 41.1 Å². The monoisotopic (exact) mass is 440 g/mol. The minimum atomic E-state index is -5.48. The molecule has 0 N–H and O–H groups in total. The molecule has 0 amide bonds. The molecule has 2 rings (SSSR count). The van der Waals surface area contributed by atoms with Gasteiger partial charge in [0.1, 0.15) is 0 Å². The van der Waals surface area contributed by atoms with Crippen molar-refractivity contribution in [2.24, 2.45) is 3.77 Å². The molecule has 0 aliphatic heterocycles. The molecule has 0 saturated carbocycles. The highest BCUT2D eigenvalue weighted by molar-refractivity contribution is 7.99. The third-order valence-electron chi connectivity index (χ3n) is 3.21. The van der Waals surface area contributed by atoms with Gasteiger partial charge in [-0.25, -0.2) is 12.7 Å². The zero-order chi connectivity index (χ0) is 20.5. The van der Waals surface area contributed by atoms with Crippen LogP contribution in [0.2, 0.25) is 0 Å². The van der Waals surface area contributed by atoms with Gasteiger partial charge in [0, 0.05) is 15.8 Å². The molecule has 0 aromatic heterocycles. The summed E-state index contributed by atoms with van der Waals surface area (Å²) in [5.41, 5.74) is -5.42. The van der Waals surface area contributed by atoms with Crippen molar-refractivity contribution in [3.8, 4) is 0 Å². The summed E-state index contributed by atoms with van der Waals surface area (Å²) in [7, 11) is -7.77. The molecule has 0 saturated heterocycles. The fraction of sp³-hybridized carbons (Fsp3) is 0.200. The molecular weight excluding hydrogens is 425 g/mol. The van der Waals surface area contributed by atoms with Crippen LogP contribution >= 0.6 is 0 Å². The summed E-state index contributed by atoms with van der Waals surface area (Å²) in [6.45, 7) is 0. The van der Waals surface area contributed by atoms with Crippen LogP contribution in [0.15, 0.2) is 73.1 Å². The minimum absolute atomic E-state index is 0.0272. The second kappa shape index (κ2) is 7.70. The maximum atomic E-state index is 12.6. The van der Waals surface area contributed by atoms with Gasteiger partial charge in [-0.2, -0.15) is 21.6 Å². The summed E-state index contributed by atoms with van der Waals surface area (Å²) >= 11 is 0. The number of hydrogen-bond acceptors (Lipinski definition) is 4. The summed E-state index contributed by atoms with van der Waals surface area (Å²) in [5.74, 6) is 0. The lowest BCUT2D eigenvalue weighted by atomic mass is 10.4. The summed E-state index contributed by atoms with van der Waals surface area (Å²) < 4.78 is 90.9. The zero-order valence-corrected chi connectivity index (χ0v) is 16.5. The Hall–Kier alpha value is -1.76. The largest absolute Gasteiger partial charge is 0.501 e. The Balaban J connectivity index is 2.50. The molecule has 0 bridgehead atoms. The van der Waals surface area contributed by atoms with Crippen molar-refractivity contribution in [3.63, 3.8) is 0 Å². The average molecular weight is 440 g/mol. The van der Waals surface area contributed by atoms with Crippen molar-refractivity contribution in [1.29, 1.82) is 0 Å². The average Bonchev–Trinajstić information content (AvgIpc) is 2.59. The number of sulfonamides is 1. The van der Waals surface area contributed by atoms with E-state index in [0.29, 0.717) is 0 Å². The first-order valence-electron chi connectivity index (χ1n) is 7.22. The Kier molecular flexibility index (Phi) is 6.14. The van der Waals surface area contributed by atoms with E-state index in [1.807, 2.05) is 0 Å². The topological polar surface area (TPSA) is 83.9 Å². The Morgan fingerprint density at radius 1 is 0.852 bits per heavy atom. The Morgan fingerprint density at radius 3 is 1.81 bits per heavy atom. The van der Waals surface area contributed by atoms with Gasteiger partial charge in [0.05, 0.1) is 9.79 Å². The van der Waals surface area contributed by atoms with Gasteiger partial charge >= 0.3 is 5.51 Å².